The molecule has 0 aliphatic heterocycles. The molecule has 0 saturated carbocycles. The van der Waals surface area contributed by atoms with Crippen LogP contribution in [0.2, 0.25) is 0 Å². The number of carbonyl (C=O) groups excluding carboxylic acids is 2. The van der Waals surface area contributed by atoms with Crippen LogP contribution in [-0.4, -0.2) is 47.3 Å². The van der Waals surface area contributed by atoms with Gasteiger partial charge in [-0.3, -0.25) is 0 Å². The van der Waals surface area contributed by atoms with Crippen molar-refractivity contribution in [3.05, 3.63) is 119 Å². The Hall–Kier alpha value is -5.24. The predicted octanol–water partition coefficient (Wildman–Crippen LogP) is 5.43. The van der Waals surface area contributed by atoms with Gasteiger partial charge in [-0.2, -0.15) is 0 Å². The lowest BCUT2D eigenvalue weighted by atomic mass is 9.95. The Morgan fingerprint density at radius 2 is 0.711 bits per heavy atom. The molecule has 0 aliphatic rings. The number of aromatic carboxylic acids is 2. The van der Waals surface area contributed by atoms with Crippen molar-refractivity contribution in [2.24, 2.45) is 0 Å². The van der Waals surface area contributed by atoms with Crippen LogP contribution in [-0.2, 0) is 9.47 Å². The van der Waals surface area contributed by atoms with E-state index < -0.39 is 23.9 Å². The molecule has 0 unspecified atom stereocenters. The zero-order valence-electron chi connectivity index (χ0n) is 20.0. The molecule has 38 heavy (non-hydrogen) atoms. The largest absolute Gasteiger partial charge is 0.478 e. The quantitative estimate of drug-likeness (QED) is 0.225. The highest BCUT2D eigenvalue weighted by molar-refractivity contribution is 6.03. The summed E-state index contributed by atoms with van der Waals surface area (Å²) in [6.45, 7) is -0.485. The zero-order valence-corrected chi connectivity index (χ0v) is 20.0. The topological polar surface area (TPSA) is 127 Å². The van der Waals surface area contributed by atoms with Gasteiger partial charge in [0.1, 0.15) is 13.2 Å². The summed E-state index contributed by atoms with van der Waals surface area (Å²) in [6.07, 6.45) is 0. The average Bonchev–Trinajstić information content (AvgIpc) is 2.95. The van der Waals surface area contributed by atoms with Crippen molar-refractivity contribution in [3.8, 4) is 22.3 Å². The van der Waals surface area contributed by atoms with Crippen molar-refractivity contribution < 1.29 is 38.9 Å². The second-order valence-electron chi connectivity index (χ2n) is 8.06. The van der Waals surface area contributed by atoms with Crippen molar-refractivity contribution >= 4 is 23.9 Å². The molecule has 0 aromatic heterocycles. The number of rotatable bonds is 9. The van der Waals surface area contributed by atoms with Gasteiger partial charge in [0, 0.05) is 0 Å². The Kier molecular flexibility index (Phi) is 7.93. The van der Waals surface area contributed by atoms with Crippen LogP contribution >= 0.6 is 0 Å². The smallest absolute Gasteiger partial charge is 0.338 e. The van der Waals surface area contributed by atoms with Crippen molar-refractivity contribution in [2.75, 3.05) is 13.2 Å². The minimum atomic E-state index is -1.12. The molecular weight excluding hydrogens is 488 g/mol. The van der Waals surface area contributed by atoms with Crippen LogP contribution < -0.4 is 0 Å². The number of carboxylic acids is 2. The van der Waals surface area contributed by atoms with Crippen LogP contribution in [0.25, 0.3) is 22.3 Å². The SMILES string of the molecule is O=C(O)c1ccccc1-c1ccccc1C(=O)OCCOC(=O)c1ccccc1-c1ccccc1C(=O)O. The fourth-order valence-electron chi connectivity index (χ4n) is 4.03. The minimum Gasteiger partial charge on any atom is -0.478 e. The van der Waals surface area contributed by atoms with Crippen LogP contribution in [0, 0.1) is 0 Å². The summed E-state index contributed by atoms with van der Waals surface area (Å²) in [5.41, 5.74) is 1.98. The summed E-state index contributed by atoms with van der Waals surface area (Å²) in [7, 11) is 0. The number of esters is 2. The highest BCUT2D eigenvalue weighted by atomic mass is 16.6. The third-order valence-corrected chi connectivity index (χ3v) is 5.74. The Morgan fingerprint density at radius 1 is 0.447 bits per heavy atom. The maximum atomic E-state index is 12.8. The van der Waals surface area contributed by atoms with Gasteiger partial charge >= 0.3 is 23.9 Å². The molecule has 0 radical (unpaired) electrons. The van der Waals surface area contributed by atoms with Gasteiger partial charge in [-0.15, -0.1) is 0 Å². The highest BCUT2D eigenvalue weighted by Gasteiger charge is 2.20. The van der Waals surface area contributed by atoms with Gasteiger partial charge in [0.05, 0.1) is 22.3 Å². The lowest BCUT2D eigenvalue weighted by Gasteiger charge is -2.13. The molecule has 4 aromatic carbocycles. The Bertz CT molecular complexity index is 1410. The standard InChI is InChI=1S/C30H22O8/c31-27(32)23-13-5-1-9-19(23)21-11-3-7-15-25(21)29(35)37-17-18-38-30(36)26-16-8-4-12-22(26)20-10-2-6-14-24(20)28(33)34/h1-16H,17-18H2,(H,31,32)(H,33,34). The highest BCUT2D eigenvalue weighted by Crippen LogP contribution is 2.29. The molecule has 4 aromatic rings. The molecule has 0 atom stereocenters. The third-order valence-electron chi connectivity index (χ3n) is 5.74. The van der Waals surface area contributed by atoms with E-state index in [1.54, 1.807) is 72.8 Å². The van der Waals surface area contributed by atoms with Crippen molar-refractivity contribution in [2.45, 2.75) is 0 Å². The molecule has 0 fully saturated rings. The number of hydrogen-bond acceptors (Lipinski definition) is 6. The van der Waals surface area contributed by atoms with E-state index in [-0.39, 0.29) is 35.5 Å². The summed E-state index contributed by atoms with van der Waals surface area (Å²) in [5.74, 6) is -3.65. The second-order valence-corrected chi connectivity index (χ2v) is 8.06. The van der Waals surface area contributed by atoms with E-state index in [2.05, 4.69) is 0 Å². The lowest BCUT2D eigenvalue weighted by molar-refractivity contribution is 0.0266. The zero-order chi connectivity index (χ0) is 27.1. The molecule has 0 spiro atoms. The van der Waals surface area contributed by atoms with E-state index in [0.29, 0.717) is 22.3 Å². The summed E-state index contributed by atoms with van der Waals surface area (Å²) in [4.78, 5) is 48.9. The van der Waals surface area contributed by atoms with E-state index in [1.807, 2.05) is 0 Å². The fourth-order valence-corrected chi connectivity index (χ4v) is 4.03. The van der Waals surface area contributed by atoms with Gasteiger partial charge in [0.2, 0.25) is 0 Å². The molecule has 8 nitrogen and oxygen atoms in total. The monoisotopic (exact) mass is 510 g/mol. The summed E-state index contributed by atoms with van der Waals surface area (Å²) in [5, 5.41) is 19.0. The number of benzene rings is 4. The molecule has 0 saturated heterocycles. The first kappa shape index (κ1) is 25.8. The van der Waals surface area contributed by atoms with Gasteiger partial charge < -0.3 is 19.7 Å². The molecular formula is C30H22O8. The molecule has 190 valence electrons. The normalized spacial score (nSPS) is 10.4. The number of carboxylic acid groups (broad SMARTS) is 2. The molecule has 8 heteroatoms. The maximum Gasteiger partial charge on any atom is 0.338 e. The number of ether oxygens (including phenoxy) is 2. The summed E-state index contributed by atoms with van der Waals surface area (Å²) < 4.78 is 10.6. The van der Waals surface area contributed by atoms with Gasteiger partial charge in [0.25, 0.3) is 0 Å². The Labute approximate surface area is 217 Å². The van der Waals surface area contributed by atoms with Crippen LogP contribution in [0.15, 0.2) is 97.1 Å². The fraction of sp³-hybridized carbons (Fsp3) is 0.0667. The number of hydrogen-bond donors (Lipinski definition) is 2. The third kappa shape index (κ3) is 5.60. The second kappa shape index (κ2) is 11.7. The Balaban J connectivity index is 1.45. The molecule has 2 N–H and O–H groups in total. The first-order valence-electron chi connectivity index (χ1n) is 11.6. The van der Waals surface area contributed by atoms with Crippen LogP contribution in [0.1, 0.15) is 41.4 Å². The molecule has 0 amide bonds. The predicted molar refractivity (Wildman–Crippen MR) is 138 cm³/mol. The van der Waals surface area contributed by atoms with E-state index >= 15 is 0 Å². The summed E-state index contributed by atoms with van der Waals surface area (Å²) in [6, 6.07) is 25.6. The Morgan fingerprint density at radius 3 is 1.03 bits per heavy atom. The lowest BCUT2D eigenvalue weighted by Crippen LogP contribution is -2.15. The van der Waals surface area contributed by atoms with Gasteiger partial charge in [0.15, 0.2) is 0 Å². The van der Waals surface area contributed by atoms with Crippen molar-refractivity contribution in [1.82, 2.24) is 0 Å². The molecule has 0 aliphatic carbocycles. The molecule has 4 rings (SSSR count). The van der Waals surface area contributed by atoms with Gasteiger partial charge in [-0.25, -0.2) is 19.2 Å². The van der Waals surface area contributed by atoms with Crippen molar-refractivity contribution in [3.63, 3.8) is 0 Å². The van der Waals surface area contributed by atoms with Crippen molar-refractivity contribution in [1.29, 1.82) is 0 Å². The number of carbonyl (C=O) groups is 4. The van der Waals surface area contributed by atoms with Crippen LogP contribution in [0.5, 0.6) is 0 Å². The molecule has 0 heterocycles. The van der Waals surface area contributed by atoms with Crippen LogP contribution in [0.4, 0.5) is 0 Å². The first-order chi connectivity index (χ1) is 18.4. The maximum absolute atomic E-state index is 12.8. The van der Waals surface area contributed by atoms with Gasteiger partial charge in [-0.05, 0) is 46.5 Å². The first-order valence-corrected chi connectivity index (χ1v) is 11.6. The van der Waals surface area contributed by atoms with E-state index in [1.165, 1.54) is 24.3 Å². The minimum absolute atomic E-state index is 0.0461. The van der Waals surface area contributed by atoms with E-state index in [9.17, 15) is 29.4 Å². The van der Waals surface area contributed by atoms with Gasteiger partial charge in [-0.1, -0.05) is 72.8 Å². The molecule has 0 bridgehead atoms. The van der Waals surface area contributed by atoms with E-state index in [0.717, 1.165) is 0 Å². The van der Waals surface area contributed by atoms with E-state index in [4.69, 9.17) is 9.47 Å². The average molecular weight is 510 g/mol. The van der Waals surface area contributed by atoms with Crippen LogP contribution in [0.3, 0.4) is 0 Å². The summed E-state index contributed by atoms with van der Waals surface area (Å²) >= 11 is 0.